The van der Waals surface area contributed by atoms with Crippen LogP contribution < -0.4 is 5.43 Å². The molecule has 0 aliphatic heterocycles. The van der Waals surface area contributed by atoms with E-state index in [9.17, 15) is 14.7 Å². The quantitative estimate of drug-likeness (QED) is 0.499. The molecule has 1 heterocycles. The Labute approximate surface area is 162 Å². The Bertz CT molecular complexity index is 897. The van der Waals surface area contributed by atoms with Crippen LogP contribution in [-0.2, 0) is 0 Å². The summed E-state index contributed by atoms with van der Waals surface area (Å²) in [7, 11) is 0. The molecule has 0 bridgehead atoms. The number of amides is 1. The molecule has 0 spiro atoms. The fourth-order valence-electron chi connectivity index (χ4n) is 2.52. The summed E-state index contributed by atoms with van der Waals surface area (Å²) in [6.45, 7) is 9.65. The second kappa shape index (κ2) is 8.35. The lowest BCUT2D eigenvalue weighted by molar-refractivity contribution is 0.0702. The third-order valence-corrected chi connectivity index (χ3v) is 5.38. The zero-order valence-corrected chi connectivity index (χ0v) is 16.8. The van der Waals surface area contributed by atoms with Crippen LogP contribution in [0.15, 0.2) is 29.4 Å². The SMILES string of the molecule is CC(=NNC(=O)c1cc(C(C)C)cc(C(C)C)c1O)c1ccc(C(=O)O)s1. The first-order valence-electron chi connectivity index (χ1n) is 8.66. The molecule has 3 N–H and O–H groups in total. The van der Waals surface area contributed by atoms with Gasteiger partial charge in [-0.2, -0.15) is 5.10 Å². The van der Waals surface area contributed by atoms with E-state index in [4.69, 9.17) is 5.11 Å². The van der Waals surface area contributed by atoms with E-state index in [0.717, 1.165) is 22.5 Å². The Morgan fingerprint density at radius 2 is 1.70 bits per heavy atom. The van der Waals surface area contributed by atoms with E-state index in [-0.39, 0.29) is 28.0 Å². The lowest BCUT2D eigenvalue weighted by Crippen LogP contribution is -2.20. The highest BCUT2D eigenvalue weighted by Crippen LogP contribution is 2.33. The van der Waals surface area contributed by atoms with E-state index >= 15 is 0 Å². The number of hydrogen-bond acceptors (Lipinski definition) is 5. The molecule has 1 amide bonds. The number of carbonyl (C=O) groups excluding carboxylic acids is 1. The van der Waals surface area contributed by atoms with Crippen LogP contribution in [0.4, 0.5) is 0 Å². The minimum Gasteiger partial charge on any atom is -0.507 e. The van der Waals surface area contributed by atoms with Gasteiger partial charge in [0.2, 0.25) is 0 Å². The van der Waals surface area contributed by atoms with E-state index in [1.807, 2.05) is 33.8 Å². The maximum Gasteiger partial charge on any atom is 0.345 e. The van der Waals surface area contributed by atoms with Gasteiger partial charge in [-0.1, -0.05) is 33.8 Å². The molecule has 0 saturated carbocycles. The summed E-state index contributed by atoms with van der Waals surface area (Å²) < 4.78 is 0. The molecule has 0 aliphatic rings. The van der Waals surface area contributed by atoms with Gasteiger partial charge in [0.05, 0.1) is 16.2 Å². The number of rotatable bonds is 6. The number of carboxylic acids is 1. The average molecular weight is 388 g/mol. The number of carbonyl (C=O) groups is 2. The van der Waals surface area contributed by atoms with Crippen LogP contribution in [0.1, 0.15) is 82.5 Å². The second-order valence-electron chi connectivity index (χ2n) is 6.92. The standard InChI is InChI=1S/C20H24N2O4S/c1-10(2)13-8-14(11(3)4)18(23)15(9-13)19(24)22-21-12(5)16-6-7-17(27-16)20(25)26/h6-11,23H,1-5H3,(H,22,24)(H,25,26). The monoisotopic (exact) mass is 388 g/mol. The smallest absolute Gasteiger partial charge is 0.345 e. The van der Waals surface area contributed by atoms with Crippen molar-refractivity contribution in [1.82, 2.24) is 5.43 Å². The molecule has 0 aliphatic carbocycles. The summed E-state index contributed by atoms with van der Waals surface area (Å²) in [5.41, 5.74) is 4.81. The van der Waals surface area contributed by atoms with Gasteiger partial charge in [0.15, 0.2) is 0 Å². The minimum atomic E-state index is -1.00. The second-order valence-corrected chi connectivity index (χ2v) is 8.01. The van der Waals surface area contributed by atoms with Gasteiger partial charge in [0.1, 0.15) is 10.6 Å². The molecular formula is C20H24N2O4S. The van der Waals surface area contributed by atoms with Crippen molar-refractivity contribution in [3.05, 3.63) is 50.7 Å². The summed E-state index contributed by atoms with van der Waals surface area (Å²) in [4.78, 5) is 24.4. The highest BCUT2D eigenvalue weighted by molar-refractivity contribution is 7.15. The molecule has 144 valence electrons. The highest BCUT2D eigenvalue weighted by Gasteiger charge is 2.19. The number of nitrogens with zero attached hydrogens (tertiary/aromatic N) is 1. The van der Waals surface area contributed by atoms with Gasteiger partial charge in [-0.25, -0.2) is 10.2 Å². The summed E-state index contributed by atoms with van der Waals surface area (Å²) >= 11 is 1.08. The fraction of sp³-hybridized carbons (Fsp3) is 0.350. The van der Waals surface area contributed by atoms with E-state index < -0.39 is 11.9 Å². The van der Waals surface area contributed by atoms with Crippen molar-refractivity contribution < 1.29 is 19.8 Å². The number of hydrazone groups is 1. The molecule has 27 heavy (non-hydrogen) atoms. The molecule has 0 radical (unpaired) electrons. The first-order valence-corrected chi connectivity index (χ1v) is 9.48. The minimum absolute atomic E-state index is 0.0379. The molecule has 1 aromatic heterocycles. The number of nitrogens with one attached hydrogen (secondary N) is 1. The predicted molar refractivity (Wildman–Crippen MR) is 107 cm³/mol. The van der Waals surface area contributed by atoms with Crippen LogP contribution in [0, 0.1) is 0 Å². The third kappa shape index (κ3) is 4.74. The molecule has 7 heteroatoms. The Morgan fingerprint density at radius 3 is 2.22 bits per heavy atom. The molecule has 6 nitrogen and oxygen atoms in total. The molecule has 0 unspecified atom stereocenters. The van der Waals surface area contributed by atoms with Crippen molar-refractivity contribution in [1.29, 1.82) is 0 Å². The molecule has 1 aromatic carbocycles. The van der Waals surface area contributed by atoms with Crippen molar-refractivity contribution in [2.24, 2.45) is 5.10 Å². The molecular weight excluding hydrogens is 364 g/mol. The summed E-state index contributed by atoms with van der Waals surface area (Å²) in [5, 5.41) is 23.6. The topological polar surface area (TPSA) is 99.0 Å². The van der Waals surface area contributed by atoms with Gasteiger partial charge in [-0.05, 0) is 48.1 Å². The van der Waals surface area contributed by atoms with Crippen LogP contribution in [0.25, 0.3) is 0 Å². The van der Waals surface area contributed by atoms with E-state index in [0.29, 0.717) is 10.6 Å². The fourth-order valence-corrected chi connectivity index (χ4v) is 3.31. The first-order chi connectivity index (χ1) is 12.6. The van der Waals surface area contributed by atoms with E-state index in [1.54, 1.807) is 19.1 Å². The van der Waals surface area contributed by atoms with Crippen molar-refractivity contribution >= 4 is 28.9 Å². The van der Waals surface area contributed by atoms with Crippen LogP contribution in [0.3, 0.4) is 0 Å². The summed E-state index contributed by atoms with van der Waals surface area (Å²) in [6, 6.07) is 6.75. The molecule has 0 atom stereocenters. The van der Waals surface area contributed by atoms with E-state index in [1.165, 1.54) is 6.07 Å². The van der Waals surface area contributed by atoms with E-state index in [2.05, 4.69) is 10.5 Å². The maximum absolute atomic E-state index is 12.6. The number of phenols is 1. The van der Waals surface area contributed by atoms with Gasteiger partial charge in [-0.3, -0.25) is 4.79 Å². The Hall–Kier alpha value is -2.67. The number of hydrogen-bond donors (Lipinski definition) is 3. The Kier molecular flexibility index (Phi) is 6.38. The Morgan fingerprint density at radius 1 is 1.07 bits per heavy atom. The normalized spacial score (nSPS) is 11.9. The zero-order chi connectivity index (χ0) is 20.3. The number of phenolic OH excluding ortho intramolecular Hbond substituents is 1. The Balaban J connectivity index is 2.30. The molecule has 0 fully saturated rings. The van der Waals surface area contributed by atoms with Gasteiger partial charge < -0.3 is 10.2 Å². The number of aromatic hydroxyl groups is 1. The number of benzene rings is 1. The largest absolute Gasteiger partial charge is 0.507 e. The summed E-state index contributed by atoms with van der Waals surface area (Å²) in [5.74, 6) is -1.27. The molecule has 2 aromatic rings. The zero-order valence-electron chi connectivity index (χ0n) is 16.0. The predicted octanol–water partition coefficient (Wildman–Crippen LogP) is 4.55. The first kappa shape index (κ1) is 20.6. The highest BCUT2D eigenvalue weighted by atomic mass is 32.1. The third-order valence-electron chi connectivity index (χ3n) is 4.19. The molecule has 2 rings (SSSR count). The van der Waals surface area contributed by atoms with Gasteiger partial charge in [-0.15, -0.1) is 11.3 Å². The van der Waals surface area contributed by atoms with Crippen molar-refractivity contribution in [2.45, 2.75) is 46.5 Å². The maximum atomic E-state index is 12.6. The van der Waals surface area contributed by atoms with Crippen molar-refractivity contribution in [3.8, 4) is 5.75 Å². The van der Waals surface area contributed by atoms with Crippen LogP contribution in [-0.4, -0.2) is 27.8 Å². The van der Waals surface area contributed by atoms with Crippen LogP contribution in [0.5, 0.6) is 5.75 Å². The van der Waals surface area contributed by atoms with Gasteiger partial charge in [0.25, 0.3) is 5.91 Å². The number of thiophene rings is 1. The van der Waals surface area contributed by atoms with Crippen LogP contribution in [0.2, 0.25) is 0 Å². The van der Waals surface area contributed by atoms with Crippen molar-refractivity contribution in [3.63, 3.8) is 0 Å². The van der Waals surface area contributed by atoms with Gasteiger partial charge in [0, 0.05) is 0 Å². The average Bonchev–Trinajstić information content (AvgIpc) is 3.09. The van der Waals surface area contributed by atoms with Crippen LogP contribution >= 0.6 is 11.3 Å². The number of carboxylic acid groups (broad SMARTS) is 1. The lowest BCUT2D eigenvalue weighted by Gasteiger charge is -2.16. The van der Waals surface area contributed by atoms with Crippen molar-refractivity contribution in [2.75, 3.05) is 0 Å². The summed E-state index contributed by atoms with van der Waals surface area (Å²) in [6.07, 6.45) is 0. The number of aromatic carboxylic acids is 1. The van der Waals surface area contributed by atoms with Gasteiger partial charge >= 0.3 is 5.97 Å². The molecule has 0 saturated heterocycles. The lowest BCUT2D eigenvalue weighted by atomic mass is 9.92.